The predicted octanol–water partition coefficient (Wildman–Crippen LogP) is 4.20. The molecule has 0 spiro atoms. The Morgan fingerprint density at radius 2 is 1.62 bits per heavy atom. The minimum atomic E-state index is -2.70. The standard InChI is InChI=1S/C6H12Cl4OSi2/c1-12(2,3)11-13(9,10)5-4-6(5,7)8/h5H,4H2,1-3H3. The Morgan fingerprint density at radius 3 is 1.85 bits per heavy atom. The van der Waals surface area contributed by atoms with Crippen LogP contribution in [0.4, 0.5) is 0 Å². The van der Waals surface area contributed by atoms with Crippen molar-refractivity contribution < 1.29 is 4.12 Å². The molecule has 1 aliphatic rings. The van der Waals surface area contributed by atoms with Gasteiger partial charge in [0.25, 0.3) is 0 Å². The summed E-state index contributed by atoms with van der Waals surface area (Å²) in [5, 5.41) is 0. The lowest BCUT2D eigenvalue weighted by Gasteiger charge is -2.27. The van der Waals surface area contributed by atoms with Crippen molar-refractivity contribution in [2.75, 3.05) is 0 Å². The molecule has 1 aliphatic carbocycles. The highest BCUT2D eigenvalue weighted by molar-refractivity contribution is 7.44. The second-order valence-corrected chi connectivity index (χ2v) is 16.6. The molecule has 7 heteroatoms. The van der Waals surface area contributed by atoms with E-state index in [4.69, 9.17) is 49.5 Å². The van der Waals surface area contributed by atoms with Gasteiger partial charge in [-0.15, -0.1) is 45.4 Å². The van der Waals surface area contributed by atoms with Gasteiger partial charge in [-0.2, -0.15) is 0 Å². The maximum Gasteiger partial charge on any atom is 0.385 e. The number of rotatable bonds is 3. The molecule has 0 amide bonds. The van der Waals surface area contributed by atoms with E-state index in [9.17, 15) is 0 Å². The molecule has 0 aliphatic heterocycles. The summed E-state index contributed by atoms with van der Waals surface area (Å²) in [5.74, 6) is 0. The third-order valence-electron chi connectivity index (χ3n) is 1.67. The topological polar surface area (TPSA) is 9.23 Å². The third kappa shape index (κ3) is 3.56. The maximum absolute atomic E-state index is 6.15. The first-order chi connectivity index (χ1) is 5.55. The van der Waals surface area contributed by atoms with E-state index in [1.807, 2.05) is 19.6 Å². The van der Waals surface area contributed by atoms with Crippen molar-refractivity contribution in [2.24, 2.45) is 0 Å². The van der Waals surface area contributed by atoms with Gasteiger partial charge in [-0.25, -0.2) is 0 Å². The fourth-order valence-corrected chi connectivity index (χ4v) is 13.8. The van der Waals surface area contributed by atoms with Gasteiger partial charge in [0.2, 0.25) is 0 Å². The summed E-state index contributed by atoms with van der Waals surface area (Å²) in [6.45, 7) is 3.44. The van der Waals surface area contributed by atoms with Crippen molar-refractivity contribution in [2.45, 2.75) is 35.9 Å². The lowest BCUT2D eigenvalue weighted by Crippen LogP contribution is -2.40. The van der Waals surface area contributed by atoms with E-state index in [1.54, 1.807) is 0 Å². The van der Waals surface area contributed by atoms with Crippen LogP contribution in [0.15, 0.2) is 0 Å². The van der Waals surface area contributed by atoms with Gasteiger partial charge >= 0.3 is 6.94 Å². The molecule has 0 radical (unpaired) electrons. The van der Waals surface area contributed by atoms with E-state index in [0.717, 1.165) is 0 Å². The molecule has 1 atom stereocenters. The van der Waals surface area contributed by atoms with E-state index in [-0.39, 0.29) is 5.54 Å². The van der Waals surface area contributed by atoms with Crippen LogP contribution in [0.2, 0.25) is 25.2 Å². The van der Waals surface area contributed by atoms with Gasteiger partial charge in [-0.1, -0.05) is 0 Å². The van der Waals surface area contributed by atoms with Crippen LogP contribution < -0.4 is 0 Å². The zero-order chi connectivity index (χ0) is 10.5. The summed E-state index contributed by atoms with van der Waals surface area (Å²) in [6, 6.07) is 0. The third-order valence-corrected chi connectivity index (χ3v) is 10.9. The van der Waals surface area contributed by atoms with Gasteiger partial charge < -0.3 is 4.12 Å². The molecule has 0 aromatic carbocycles. The maximum atomic E-state index is 6.15. The molecule has 1 fully saturated rings. The van der Waals surface area contributed by atoms with Gasteiger partial charge in [0, 0.05) is 5.54 Å². The monoisotopic (exact) mass is 296 g/mol. The van der Waals surface area contributed by atoms with Gasteiger partial charge in [0.05, 0.1) is 0 Å². The first-order valence-corrected chi connectivity index (χ1v) is 12.2. The van der Waals surface area contributed by atoms with E-state index in [1.165, 1.54) is 0 Å². The molecule has 1 rings (SSSR count). The Hall–Kier alpha value is 1.55. The lowest BCUT2D eigenvalue weighted by molar-refractivity contribution is 0.576. The molecule has 13 heavy (non-hydrogen) atoms. The fraction of sp³-hybridized carbons (Fsp3) is 1.00. The van der Waals surface area contributed by atoms with Crippen molar-refractivity contribution in [3.63, 3.8) is 0 Å². The largest absolute Gasteiger partial charge is 0.434 e. The average molecular weight is 298 g/mol. The van der Waals surface area contributed by atoms with Crippen molar-refractivity contribution in [3.05, 3.63) is 0 Å². The smallest absolute Gasteiger partial charge is 0.385 e. The summed E-state index contributed by atoms with van der Waals surface area (Å²) < 4.78 is 4.98. The quantitative estimate of drug-likeness (QED) is 0.431. The van der Waals surface area contributed by atoms with Crippen molar-refractivity contribution >= 4 is 60.6 Å². The molecular formula is C6H12Cl4OSi2. The van der Waals surface area contributed by atoms with Crippen molar-refractivity contribution in [1.82, 2.24) is 0 Å². The number of hydrogen-bond acceptors (Lipinski definition) is 1. The molecule has 0 aromatic rings. The molecule has 78 valence electrons. The Morgan fingerprint density at radius 1 is 1.23 bits per heavy atom. The minimum absolute atomic E-state index is 0.0432. The molecule has 0 bridgehead atoms. The second kappa shape index (κ2) is 3.54. The van der Waals surface area contributed by atoms with Crippen LogP contribution in [0.3, 0.4) is 0 Å². The van der Waals surface area contributed by atoms with Crippen molar-refractivity contribution in [1.29, 1.82) is 0 Å². The molecule has 1 saturated carbocycles. The molecule has 1 nitrogen and oxygen atoms in total. The number of alkyl halides is 2. The van der Waals surface area contributed by atoms with Crippen LogP contribution >= 0.6 is 45.4 Å². The second-order valence-electron chi connectivity index (χ2n) is 4.29. The SMILES string of the molecule is C[Si](C)(C)O[Si](Cl)(Cl)C1CC1(Cl)Cl. The van der Waals surface area contributed by atoms with Crippen molar-refractivity contribution in [3.8, 4) is 0 Å². The highest BCUT2D eigenvalue weighted by Crippen LogP contribution is 2.65. The summed E-state index contributed by atoms with van der Waals surface area (Å²) in [4.78, 5) is 0. The van der Waals surface area contributed by atoms with E-state index < -0.39 is 19.6 Å². The molecule has 0 N–H and O–H groups in total. The number of hydrogen-bond donors (Lipinski definition) is 0. The zero-order valence-corrected chi connectivity index (χ0v) is 12.7. The highest BCUT2D eigenvalue weighted by Gasteiger charge is 2.65. The summed E-state index contributed by atoms with van der Waals surface area (Å²) in [6.07, 6.45) is 0.653. The van der Waals surface area contributed by atoms with Gasteiger partial charge in [-0.05, 0) is 26.1 Å². The Balaban J connectivity index is 2.58. The van der Waals surface area contributed by atoms with E-state index in [0.29, 0.717) is 6.42 Å². The van der Waals surface area contributed by atoms with Crippen LogP contribution in [0.5, 0.6) is 0 Å². The van der Waals surface area contributed by atoms with Crippen LogP contribution in [0.1, 0.15) is 6.42 Å². The normalized spacial score (nSPS) is 27.5. The first kappa shape index (κ1) is 12.6. The Kier molecular flexibility index (Phi) is 3.44. The molecular weight excluding hydrogens is 286 g/mol. The molecule has 0 heterocycles. The van der Waals surface area contributed by atoms with Crippen LogP contribution in [0, 0.1) is 0 Å². The van der Waals surface area contributed by atoms with Gasteiger partial charge in [0.1, 0.15) is 4.33 Å². The molecule has 0 aromatic heterocycles. The summed E-state index contributed by atoms with van der Waals surface area (Å²) in [7, 11) is -1.70. The first-order valence-electron chi connectivity index (χ1n) is 4.00. The van der Waals surface area contributed by atoms with Crippen LogP contribution in [-0.4, -0.2) is 19.6 Å². The summed E-state index contributed by atoms with van der Waals surface area (Å²) in [5.41, 5.74) is -0.0432. The zero-order valence-electron chi connectivity index (χ0n) is 7.70. The minimum Gasteiger partial charge on any atom is -0.434 e. The van der Waals surface area contributed by atoms with Gasteiger partial charge in [-0.3, -0.25) is 0 Å². The van der Waals surface area contributed by atoms with Crippen LogP contribution in [0.25, 0.3) is 0 Å². The predicted molar refractivity (Wildman–Crippen MR) is 64.7 cm³/mol. The molecule has 1 unspecified atom stereocenters. The Labute approximate surface area is 100 Å². The molecule has 0 saturated heterocycles. The van der Waals surface area contributed by atoms with Crippen LogP contribution in [-0.2, 0) is 4.12 Å². The highest BCUT2D eigenvalue weighted by atomic mass is 35.7. The Bertz CT molecular complexity index is 213. The van der Waals surface area contributed by atoms with E-state index >= 15 is 0 Å². The summed E-state index contributed by atoms with van der Waals surface area (Å²) >= 11 is 24.1. The average Bonchev–Trinajstić information content (AvgIpc) is 2.33. The lowest BCUT2D eigenvalue weighted by atomic mass is 10.9. The van der Waals surface area contributed by atoms with Gasteiger partial charge in [0.15, 0.2) is 8.32 Å². The number of halogens is 4. The fourth-order valence-electron chi connectivity index (χ4n) is 1.06. The van der Waals surface area contributed by atoms with E-state index in [2.05, 4.69) is 0 Å².